The van der Waals surface area contributed by atoms with Crippen LogP contribution in [0.3, 0.4) is 0 Å². The molecule has 17 heavy (non-hydrogen) atoms. The molecule has 2 bridgehead atoms. The van der Waals surface area contributed by atoms with Gasteiger partial charge in [-0.05, 0) is 50.5 Å². The maximum Gasteiger partial charge on any atom is 0.115 e. The standard InChI is InChI=1S/C14H21N3/c1-15-14(13-7-16-9-17-8-13)6-12-5-10-2-3-11(12)4-10/h7-12,14-15H,2-6H2,1H3. The zero-order valence-corrected chi connectivity index (χ0v) is 10.5. The Bertz CT molecular complexity index is 365. The molecule has 1 aromatic heterocycles. The summed E-state index contributed by atoms with van der Waals surface area (Å²) in [6, 6.07) is 0.431. The van der Waals surface area contributed by atoms with Gasteiger partial charge in [0.25, 0.3) is 0 Å². The van der Waals surface area contributed by atoms with Crippen molar-refractivity contribution in [1.82, 2.24) is 15.3 Å². The Labute approximate surface area is 103 Å². The van der Waals surface area contributed by atoms with Gasteiger partial charge in [0.1, 0.15) is 6.33 Å². The van der Waals surface area contributed by atoms with Crippen molar-refractivity contribution in [2.45, 2.75) is 38.1 Å². The molecular formula is C14H21N3. The number of rotatable bonds is 4. The van der Waals surface area contributed by atoms with E-state index in [-0.39, 0.29) is 0 Å². The van der Waals surface area contributed by atoms with Gasteiger partial charge in [0.2, 0.25) is 0 Å². The zero-order valence-electron chi connectivity index (χ0n) is 10.5. The Balaban J connectivity index is 1.67. The van der Waals surface area contributed by atoms with Crippen molar-refractivity contribution in [3.8, 4) is 0 Å². The second kappa shape index (κ2) is 4.73. The highest BCUT2D eigenvalue weighted by Gasteiger charge is 2.40. The second-order valence-electron chi connectivity index (χ2n) is 5.68. The van der Waals surface area contributed by atoms with E-state index in [4.69, 9.17) is 0 Å². The molecule has 3 rings (SSSR count). The van der Waals surface area contributed by atoms with Crippen LogP contribution in [0, 0.1) is 17.8 Å². The largest absolute Gasteiger partial charge is 0.313 e. The lowest BCUT2D eigenvalue weighted by Crippen LogP contribution is -2.22. The van der Waals surface area contributed by atoms with Crippen molar-refractivity contribution in [2.75, 3.05) is 7.05 Å². The number of nitrogens with one attached hydrogen (secondary N) is 1. The number of hydrogen-bond donors (Lipinski definition) is 1. The van der Waals surface area contributed by atoms with Crippen LogP contribution in [-0.4, -0.2) is 17.0 Å². The summed E-state index contributed by atoms with van der Waals surface area (Å²) in [6.45, 7) is 0. The third-order valence-electron chi connectivity index (χ3n) is 4.75. The van der Waals surface area contributed by atoms with Gasteiger partial charge in [0.05, 0.1) is 0 Å². The fourth-order valence-electron chi connectivity index (χ4n) is 3.88. The van der Waals surface area contributed by atoms with Crippen LogP contribution in [0.15, 0.2) is 18.7 Å². The van der Waals surface area contributed by atoms with Crippen molar-refractivity contribution in [2.24, 2.45) is 17.8 Å². The van der Waals surface area contributed by atoms with Crippen LogP contribution < -0.4 is 5.32 Å². The molecule has 3 heteroatoms. The number of nitrogens with zero attached hydrogens (tertiary/aromatic N) is 2. The molecule has 1 N–H and O–H groups in total. The third-order valence-corrected chi connectivity index (χ3v) is 4.75. The molecule has 2 fully saturated rings. The molecule has 2 saturated carbocycles. The SMILES string of the molecule is CNC(CC1CC2CCC1C2)c1cncnc1. The van der Waals surface area contributed by atoms with E-state index >= 15 is 0 Å². The van der Waals surface area contributed by atoms with Crippen LogP contribution >= 0.6 is 0 Å². The molecule has 92 valence electrons. The molecule has 0 spiro atoms. The Morgan fingerprint density at radius 1 is 1.29 bits per heavy atom. The molecule has 2 aliphatic carbocycles. The van der Waals surface area contributed by atoms with E-state index in [1.807, 2.05) is 19.4 Å². The van der Waals surface area contributed by atoms with Gasteiger partial charge in [-0.1, -0.05) is 6.42 Å². The fourth-order valence-corrected chi connectivity index (χ4v) is 3.88. The quantitative estimate of drug-likeness (QED) is 0.865. The van der Waals surface area contributed by atoms with Gasteiger partial charge in [-0.15, -0.1) is 0 Å². The van der Waals surface area contributed by atoms with E-state index in [1.165, 1.54) is 37.7 Å². The highest BCUT2D eigenvalue weighted by atomic mass is 14.9. The summed E-state index contributed by atoms with van der Waals surface area (Å²) >= 11 is 0. The van der Waals surface area contributed by atoms with E-state index in [9.17, 15) is 0 Å². The van der Waals surface area contributed by atoms with E-state index in [1.54, 1.807) is 6.33 Å². The van der Waals surface area contributed by atoms with Crippen molar-refractivity contribution in [1.29, 1.82) is 0 Å². The first-order valence-electron chi connectivity index (χ1n) is 6.79. The van der Waals surface area contributed by atoms with E-state index in [2.05, 4.69) is 15.3 Å². The Kier molecular flexibility index (Phi) is 3.10. The molecule has 1 aromatic rings. The molecule has 3 nitrogen and oxygen atoms in total. The summed E-state index contributed by atoms with van der Waals surface area (Å²) in [5, 5.41) is 3.42. The van der Waals surface area contributed by atoms with Gasteiger partial charge in [0.15, 0.2) is 0 Å². The molecule has 0 aliphatic heterocycles. The highest BCUT2D eigenvalue weighted by Crippen LogP contribution is 2.50. The summed E-state index contributed by atoms with van der Waals surface area (Å²) in [5.41, 5.74) is 1.23. The molecule has 0 radical (unpaired) electrons. The first-order valence-corrected chi connectivity index (χ1v) is 6.79. The first kappa shape index (κ1) is 11.1. The van der Waals surface area contributed by atoms with Gasteiger partial charge >= 0.3 is 0 Å². The van der Waals surface area contributed by atoms with Crippen molar-refractivity contribution >= 4 is 0 Å². The minimum absolute atomic E-state index is 0.431. The molecule has 0 saturated heterocycles. The molecule has 1 heterocycles. The second-order valence-corrected chi connectivity index (χ2v) is 5.68. The van der Waals surface area contributed by atoms with Crippen LogP contribution in [-0.2, 0) is 0 Å². The Hall–Kier alpha value is -0.960. The van der Waals surface area contributed by atoms with Crippen LogP contribution in [0.1, 0.15) is 43.7 Å². The van der Waals surface area contributed by atoms with Crippen LogP contribution in [0.4, 0.5) is 0 Å². The van der Waals surface area contributed by atoms with Crippen molar-refractivity contribution < 1.29 is 0 Å². The van der Waals surface area contributed by atoms with E-state index in [0.717, 1.165) is 17.8 Å². The fraction of sp³-hybridized carbons (Fsp3) is 0.714. The monoisotopic (exact) mass is 231 g/mol. The molecule has 0 aromatic carbocycles. The minimum Gasteiger partial charge on any atom is -0.313 e. The lowest BCUT2D eigenvalue weighted by Gasteiger charge is -2.26. The predicted molar refractivity (Wildman–Crippen MR) is 67.4 cm³/mol. The summed E-state index contributed by atoms with van der Waals surface area (Å²) in [4.78, 5) is 8.25. The molecule has 2 aliphatic rings. The number of aromatic nitrogens is 2. The topological polar surface area (TPSA) is 37.8 Å². The van der Waals surface area contributed by atoms with Gasteiger partial charge in [-0.25, -0.2) is 9.97 Å². The van der Waals surface area contributed by atoms with Crippen LogP contribution in [0.5, 0.6) is 0 Å². The molecule has 4 unspecified atom stereocenters. The summed E-state index contributed by atoms with van der Waals surface area (Å²) in [7, 11) is 2.05. The average Bonchev–Trinajstić information content (AvgIpc) is 2.99. The molecular weight excluding hydrogens is 210 g/mol. The van der Waals surface area contributed by atoms with Crippen molar-refractivity contribution in [3.63, 3.8) is 0 Å². The van der Waals surface area contributed by atoms with Gasteiger partial charge in [-0.2, -0.15) is 0 Å². The predicted octanol–water partition coefficient (Wildman–Crippen LogP) is 2.56. The van der Waals surface area contributed by atoms with Crippen LogP contribution in [0.2, 0.25) is 0 Å². The Morgan fingerprint density at radius 2 is 2.12 bits per heavy atom. The summed E-state index contributed by atoms with van der Waals surface area (Å²) in [5.74, 6) is 2.96. The molecule has 0 amide bonds. The van der Waals surface area contributed by atoms with Crippen molar-refractivity contribution in [3.05, 3.63) is 24.3 Å². The Morgan fingerprint density at radius 3 is 2.71 bits per heavy atom. The molecule has 4 atom stereocenters. The number of fused-ring (bicyclic) bond motifs is 2. The zero-order chi connectivity index (χ0) is 11.7. The maximum absolute atomic E-state index is 4.12. The normalized spacial score (nSPS) is 32.9. The highest BCUT2D eigenvalue weighted by molar-refractivity contribution is 5.10. The van der Waals surface area contributed by atoms with Crippen LogP contribution in [0.25, 0.3) is 0 Å². The summed E-state index contributed by atoms with van der Waals surface area (Å²) < 4.78 is 0. The average molecular weight is 231 g/mol. The maximum atomic E-state index is 4.12. The first-order chi connectivity index (χ1) is 8.36. The lowest BCUT2D eigenvalue weighted by atomic mass is 9.83. The minimum atomic E-state index is 0.431. The summed E-state index contributed by atoms with van der Waals surface area (Å²) in [6.07, 6.45) is 12.7. The van der Waals surface area contributed by atoms with Gasteiger partial charge < -0.3 is 5.32 Å². The third kappa shape index (κ3) is 2.21. The number of hydrogen-bond acceptors (Lipinski definition) is 3. The lowest BCUT2D eigenvalue weighted by molar-refractivity contribution is 0.284. The van der Waals surface area contributed by atoms with Gasteiger partial charge in [-0.3, -0.25) is 0 Å². The van der Waals surface area contributed by atoms with E-state index < -0.39 is 0 Å². The van der Waals surface area contributed by atoms with Gasteiger partial charge in [0, 0.05) is 24.0 Å². The van der Waals surface area contributed by atoms with E-state index in [0.29, 0.717) is 6.04 Å². The smallest absolute Gasteiger partial charge is 0.115 e.